The zero-order chi connectivity index (χ0) is 21.4. The molecule has 0 aliphatic rings. The third-order valence-electron chi connectivity index (χ3n) is 4.95. The summed E-state index contributed by atoms with van der Waals surface area (Å²) >= 11 is 0. The van der Waals surface area contributed by atoms with Crippen molar-refractivity contribution in [3.8, 4) is 17.0 Å². The maximum absolute atomic E-state index is 5.60. The summed E-state index contributed by atoms with van der Waals surface area (Å²) in [5.74, 6) is 1.58. The fourth-order valence-electron chi connectivity index (χ4n) is 3.54. The van der Waals surface area contributed by atoms with Crippen LogP contribution in [0.15, 0.2) is 30.5 Å². The van der Waals surface area contributed by atoms with Gasteiger partial charge in [-0.3, -0.25) is 0 Å². The minimum absolute atomic E-state index is 0.322. The summed E-state index contributed by atoms with van der Waals surface area (Å²) in [6, 6.07) is 6.47. The van der Waals surface area contributed by atoms with Gasteiger partial charge in [-0.15, -0.1) is 0 Å². The average molecular weight is 398 g/mol. The van der Waals surface area contributed by atoms with E-state index in [4.69, 9.17) is 14.5 Å². The molecular formula is C24H35N3O2. The van der Waals surface area contributed by atoms with Crippen molar-refractivity contribution in [1.82, 2.24) is 9.97 Å². The highest BCUT2D eigenvalue weighted by Crippen LogP contribution is 2.34. The predicted octanol–water partition coefficient (Wildman–Crippen LogP) is 5.53. The molecule has 5 heteroatoms. The van der Waals surface area contributed by atoms with Crippen LogP contribution in [0, 0.1) is 6.92 Å². The Morgan fingerprint density at radius 2 is 2.00 bits per heavy atom. The maximum Gasteiger partial charge on any atom is 0.212 e. The number of methoxy groups -OCH3 is 1. The van der Waals surface area contributed by atoms with Crippen molar-refractivity contribution in [3.63, 3.8) is 0 Å². The molecule has 0 spiro atoms. The first-order valence-electron chi connectivity index (χ1n) is 10.5. The van der Waals surface area contributed by atoms with E-state index >= 15 is 0 Å². The molecule has 0 atom stereocenters. The number of allylic oxidation sites excluding steroid dienone is 2. The first-order chi connectivity index (χ1) is 13.9. The number of hydrogen-bond donors (Lipinski definition) is 0. The van der Waals surface area contributed by atoms with Crippen molar-refractivity contribution < 1.29 is 9.47 Å². The molecule has 0 aromatic carbocycles. The van der Waals surface area contributed by atoms with Crippen molar-refractivity contribution in [2.75, 3.05) is 31.8 Å². The molecule has 0 saturated heterocycles. The van der Waals surface area contributed by atoms with Gasteiger partial charge in [-0.2, -0.15) is 0 Å². The monoisotopic (exact) mass is 397 g/mol. The lowest BCUT2D eigenvalue weighted by molar-refractivity contribution is 0.152. The third kappa shape index (κ3) is 5.80. The average Bonchev–Trinajstić information content (AvgIpc) is 2.70. The molecule has 0 radical (unpaired) electrons. The Labute approximate surface area is 175 Å². The highest BCUT2D eigenvalue weighted by molar-refractivity contribution is 5.83. The molecule has 2 rings (SSSR count). The third-order valence-corrected chi connectivity index (χ3v) is 4.95. The van der Waals surface area contributed by atoms with E-state index in [2.05, 4.69) is 62.7 Å². The van der Waals surface area contributed by atoms with Crippen LogP contribution in [-0.4, -0.2) is 42.9 Å². The minimum atomic E-state index is 0.322. The zero-order valence-corrected chi connectivity index (χ0v) is 19.0. The quantitative estimate of drug-likeness (QED) is 0.494. The number of anilines is 1. The molecule has 0 aliphatic carbocycles. The van der Waals surface area contributed by atoms with E-state index in [1.54, 1.807) is 7.11 Å². The SMILES string of the molecule is CC/C=C(/C)c1c(-c2ccc(OC)nc2)cc(N(CCOCC)C(C)C)nc1C. The molecule has 0 saturated carbocycles. The van der Waals surface area contributed by atoms with Gasteiger partial charge >= 0.3 is 0 Å². The Morgan fingerprint density at radius 1 is 1.24 bits per heavy atom. The van der Waals surface area contributed by atoms with Crippen LogP contribution in [0.25, 0.3) is 16.7 Å². The lowest BCUT2D eigenvalue weighted by atomic mass is 9.94. The van der Waals surface area contributed by atoms with Crippen LogP contribution in [0.3, 0.4) is 0 Å². The number of pyridine rings is 2. The molecule has 0 bridgehead atoms. The normalized spacial score (nSPS) is 11.8. The van der Waals surface area contributed by atoms with E-state index in [-0.39, 0.29) is 0 Å². The Balaban J connectivity index is 2.60. The fourth-order valence-corrected chi connectivity index (χ4v) is 3.54. The van der Waals surface area contributed by atoms with Gasteiger partial charge in [0.1, 0.15) is 5.82 Å². The summed E-state index contributed by atoms with van der Waals surface area (Å²) in [5.41, 5.74) is 5.64. The van der Waals surface area contributed by atoms with Crippen LogP contribution in [0.5, 0.6) is 5.88 Å². The van der Waals surface area contributed by atoms with Gasteiger partial charge in [-0.25, -0.2) is 9.97 Å². The molecule has 29 heavy (non-hydrogen) atoms. The van der Waals surface area contributed by atoms with Crippen molar-refractivity contribution in [2.45, 2.75) is 54.0 Å². The summed E-state index contributed by atoms with van der Waals surface area (Å²) in [4.78, 5) is 11.7. The molecule has 0 unspecified atom stereocenters. The van der Waals surface area contributed by atoms with Crippen LogP contribution in [0.4, 0.5) is 5.82 Å². The van der Waals surface area contributed by atoms with E-state index in [0.717, 1.165) is 42.2 Å². The topological polar surface area (TPSA) is 47.5 Å². The van der Waals surface area contributed by atoms with Gasteiger partial charge in [0.2, 0.25) is 5.88 Å². The summed E-state index contributed by atoms with van der Waals surface area (Å²) in [6.07, 6.45) is 5.11. The van der Waals surface area contributed by atoms with E-state index in [1.807, 2.05) is 19.2 Å². The number of ether oxygens (including phenoxy) is 2. The Hall–Kier alpha value is -2.40. The first kappa shape index (κ1) is 22.9. The number of aromatic nitrogens is 2. The predicted molar refractivity (Wildman–Crippen MR) is 122 cm³/mol. The summed E-state index contributed by atoms with van der Waals surface area (Å²) in [5, 5.41) is 0. The van der Waals surface area contributed by atoms with Crippen LogP contribution < -0.4 is 9.64 Å². The highest BCUT2D eigenvalue weighted by atomic mass is 16.5. The van der Waals surface area contributed by atoms with Crippen molar-refractivity contribution in [3.05, 3.63) is 41.7 Å². The molecular weight excluding hydrogens is 362 g/mol. The number of aryl methyl sites for hydroxylation is 1. The molecule has 158 valence electrons. The first-order valence-corrected chi connectivity index (χ1v) is 10.5. The highest BCUT2D eigenvalue weighted by Gasteiger charge is 2.18. The molecule has 0 amide bonds. The van der Waals surface area contributed by atoms with Crippen LogP contribution >= 0.6 is 0 Å². The van der Waals surface area contributed by atoms with Gasteiger partial charge in [0.25, 0.3) is 0 Å². The van der Waals surface area contributed by atoms with E-state index in [9.17, 15) is 0 Å². The maximum atomic E-state index is 5.60. The molecule has 2 aromatic heterocycles. The van der Waals surface area contributed by atoms with Crippen LogP contribution in [-0.2, 0) is 4.74 Å². The summed E-state index contributed by atoms with van der Waals surface area (Å²) in [7, 11) is 1.63. The lowest BCUT2D eigenvalue weighted by Gasteiger charge is -2.29. The Bertz CT molecular complexity index is 814. The molecule has 5 nitrogen and oxygen atoms in total. The molecule has 0 fully saturated rings. The Morgan fingerprint density at radius 3 is 2.55 bits per heavy atom. The second-order valence-electron chi connectivity index (χ2n) is 7.36. The van der Waals surface area contributed by atoms with Crippen molar-refractivity contribution in [2.24, 2.45) is 0 Å². The van der Waals surface area contributed by atoms with E-state index < -0.39 is 0 Å². The van der Waals surface area contributed by atoms with Gasteiger partial charge in [0, 0.05) is 48.3 Å². The fraction of sp³-hybridized carbons (Fsp3) is 0.500. The lowest BCUT2D eigenvalue weighted by Crippen LogP contribution is -2.35. The van der Waals surface area contributed by atoms with Crippen molar-refractivity contribution >= 4 is 11.4 Å². The number of hydrogen-bond acceptors (Lipinski definition) is 5. The van der Waals surface area contributed by atoms with Crippen LogP contribution in [0.2, 0.25) is 0 Å². The molecule has 2 heterocycles. The van der Waals surface area contributed by atoms with Gasteiger partial charge in [-0.1, -0.05) is 13.0 Å². The van der Waals surface area contributed by atoms with Crippen LogP contribution in [0.1, 0.15) is 52.3 Å². The van der Waals surface area contributed by atoms with Gasteiger partial charge in [0.05, 0.1) is 13.7 Å². The van der Waals surface area contributed by atoms with Crippen molar-refractivity contribution in [1.29, 1.82) is 0 Å². The second-order valence-corrected chi connectivity index (χ2v) is 7.36. The van der Waals surface area contributed by atoms with Gasteiger partial charge < -0.3 is 14.4 Å². The zero-order valence-electron chi connectivity index (χ0n) is 19.0. The molecule has 0 N–H and O–H groups in total. The van der Waals surface area contributed by atoms with Gasteiger partial charge in [-0.05, 0) is 64.3 Å². The Kier molecular flexibility index (Phi) is 8.65. The van der Waals surface area contributed by atoms with E-state index in [0.29, 0.717) is 18.5 Å². The number of nitrogens with zero attached hydrogens (tertiary/aromatic N) is 3. The second kappa shape index (κ2) is 11.0. The minimum Gasteiger partial charge on any atom is -0.481 e. The molecule has 0 aliphatic heterocycles. The summed E-state index contributed by atoms with van der Waals surface area (Å²) in [6.45, 7) is 15.0. The standard InChI is InChI=1S/C24H35N3O2/c1-8-10-18(5)24-19(6)26-22(27(17(3)4)13-14-29-9-2)15-21(24)20-11-12-23(28-7)25-16-20/h10-12,15-17H,8-9,13-14H2,1-7H3/b18-10-. The van der Waals surface area contributed by atoms with E-state index in [1.165, 1.54) is 11.1 Å². The largest absolute Gasteiger partial charge is 0.481 e. The molecule has 2 aromatic rings. The number of rotatable bonds is 10. The summed E-state index contributed by atoms with van der Waals surface area (Å²) < 4.78 is 10.8. The smallest absolute Gasteiger partial charge is 0.212 e. The van der Waals surface area contributed by atoms with Gasteiger partial charge in [0.15, 0.2) is 0 Å².